The zero-order chi connectivity index (χ0) is 21.4. The van der Waals surface area contributed by atoms with Crippen molar-refractivity contribution >= 4 is 46.3 Å². The van der Waals surface area contributed by atoms with E-state index in [2.05, 4.69) is 40.0 Å². The van der Waals surface area contributed by atoms with Gasteiger partial charge in [-0.2, -0.15) is 13.2 Å². The number of piperidine rings is 2. The Kier molecular flexibility index (Phi) is 11.2. The summed E-state index contributed by atoms with van der Waals surface area (Å²) >= 11 is 1.79. The Bertz CT molecular complexity index is 640. The second-order valence-corrected chi connectivity index (χ2v) is 9.17. The molecule has 178 valence electrons. The highest BCUT2D eigenvalue weighted by atomic mass is 127. The molecule has 10 heteroatoms. The van der Waals surface area contributed by atoms with Crippen molar-refractivity contribution < 1.29 is 13.2 Å². The number of aliphatic imine (C=N–C) groups is 1. The third-order valence-electron chi connectivity index (χ3n) is 5.92. The molecule has 2 aliphatic heterocycles. The van der Waals surface area contributed by atoms with E-state index < -0.39 is 12.7 Å². The van der Waals surface area contributed by atoms with E-state index in [1.807, 2.05) is 0 Å². The fourth-order valence-corrected chi connectivity index (χ4v) is 5.04. The van der Waals surface area contributed by atoms with E-state index in [1.165, 1.54) is 9.90 Å². The number of hydrogen-bond donors (Lipinski definition) is 2. The van der Waals surface area contributed by atoms with E-state index >= 15 is 0 Å². The van der Waals surface area contributed by atoms with Crippen LogP contribution in [0, 0.1) is 5.92 Å². The van der Waals surface area contributed by atoms with Gasteiger partial charge in [-0.05, 0) is 75.5 Å². The molecule has 2 fully saturated rings. The Morgan fingerprint density at radius 3 is 2.45 bits per heavy atom. The summed E-state index contributed by atoms with van der Waals surface area (Å²) in [6, 6.07) is 4.70. The van der Waals surface area contributed by atoms with Crippen molar-refractivity contribution in [3.63, 3.8) is 0 Å². The van der Waals surface area contributed by atoms with E-state index in [-0.39, 0.29) is 24.0 Å². The first kappa shape index (κ1) is 26.5. The van der Waals surface area contributed by atoms with Gasteiger partial charge in [-0.1, -0.05) is 0 Å². The number of thiophene rings is 1. The summed E-state index contributed by atoms with van der Waals surface area (Å²) < 4.78 is 37.5. The average Bonchev–Trinajstić information content (AvgIpc) is 3.24. The summed E-state index contributed by atoms with van der Waals surface area (Å²) in [5.74, 6) is 1.33. The van der Waals surface area contributed by atoms with Crippen molar-refractivity contribution in [3.8, 4) is 0 Å². The normalized spacial score (nSPS) is 19.9. The standard InChI is InChI=1S/C21H34F3N5S.HI/c1-2-25-20(27-18-8-13-29(14-9-18)19-4-3-15-30-19)26-10-5-17-6-11-28(12-7-17)16-21(22,23)24;/h3-4,15,17-18H,2,5-14,16H2,1H3,(H2,25,26,27);1H. The largest absolute Gasteiger partial charge is 0.401 e. The summed E-state index contributed by atoms with van der Waals surface area (Å²) in [6.45, 7) is 5.99. The third kappa shape index (κ3) is 9.33. The maximum atomic E-state index is 12.5. The lowest BCUT2D eigenvalue weighted by atomic mass is 9.93. The molecule has 0 bridgehead atoms. The summed E-state index contributed by atoms with van der Waals surface area (Å²) in [4.78, 5) is 8.70. The fourth-order valence-electron chi connectivity index (χ4n) is 4.25. The number of anilines is 1. The Hall–Kier alpha value is -0.750. The maximum Gasteiger partial charge on any atom is 0.401 e. The van der Waals surface area contributed by atoms with Gasteiger partial charge in [0.1, 0.15) is 0 Å². The first-order valence-corrected chi connectivity index (χ1v) is 11.9. The van der Waals surface area contributed by atoms with Crippen LogP contribution < -0.4 is 15.5 Å². The first-order chi connectivity index (χ1) is 14.4. The van der Waals surface area contributed by atoms with E-state index in [0.717, 1.165) is 57.7 Å². The summed E-state index contributed by atoms with van der Waals surface area (Å²) in [5.41, 5.74) is 0. The number of likely N-dealkylation sites (tertiary alicyclic amines) is 1. The zero-order valence-corrected chi connectivity index (χ0v) is 21.3. The molecule has 3 rings (SSSR count). The van der Waals surface area contributed by atoms with Crippen molar-refractivity contribution in [2.75, 3.05) is 50.7 Å². The van der Waals surface area contributed by atoms with Crippen LogP contribution in [0.4, 0.5) is 18.2 Å². The van der Waals surface area contributed by atoms with Crippen LogP contribution in [-0.4, -0.2) is 68.9 Å². The minimum atomic E-state index is -4.09. The van der Waals surface area contributed by atoms with Crippen molar-refractivity contribution in [2.45, 2.75) is 51.2 Å². The lowest BCUT2D eigenvalue weighted by Gasteiger charge is -2.33. The number of guanidine groups is 1. The number of hydrogen-bond acceptors (Lipinski definition) is 4. The minimum absolute atomic E-state index is 0. The Balaban J connectivity index is 0.00000341. The topological polar surface area (TPSA) is 42.9 Å². The third-order valence-corrected chi connectivity index (χ3v) is 6.84. The molecule has 2 N–H and O–H groups in total. The van der Waals surface area contributed by atoms with Gasteiger partial charge in [0.15, 0.2) is 5.96 Å². The summed E-state index contributed by atoms with van der Waals surface area (Å²) in [7, 11) is 0. The van der Waals surface area contributed by atoms with Gasteiger partial charge in [0.05, 0.1) is 11.5 Å². The van der Waals surface area contributed by atoms with Gasteiger partial charge in [0.25, 0.3) is 0 Å². The molecule has 0 amide bonds. The fraction of sp³-hybridized carbons (Fsp3) is 0.762. The molecule has 0 spiro atoms. The first-order valence-electron chi connectivity index (χ1n) is 11.1. The molecule has 0 radical (unpaired) electrons. The molecule has 1 aromatic rings. The number of nitrogens with one attached hydrogen (secondary N) is 2. The SMILES string of the molecule is CCNC(=NCCC1CCN(CC(F)(F)F)CC1)NC1CCN(c2cccs2)CC1.I. The van der Waals surface area contributed by atoms with E-state index in [9.17, 15) is 13.2 Å². The molecule has 2 aliphatic rings. The number of alkyl halides is 3. The molecular formula is C21H35F3IN5S. The smallest absolute Gasteiger partial charge is 0.363 e. The van der Waals surface area contributed by atoms with Gasteiger partial charge in [-0.25, -0.2) is 0 Å². The highest BCUT2D eigenvalue weighted by Gasteiger charge is 2.32. The molecule has 5 nitrogen and oxygen atoms in total. The summed E-state index contributed by atoms with van der Waals surface area (Å²) in [5, 5.41) is 10.4. The second-order valence-electron chi connectivity index (χ2n) is 8.24. The van der Waals surface area contributed by atoms with Crippen LogP contribution in [0.1, 0.15) is 39.0 Å². The highest BCUT2D eigenvalue weighted by molar-refractivity contribution is 14.0. The number of rotatable bonds is 7. The zero-order valence-electron chi connectivity index (χ0n) is 18.2. The molecule has 2 saturated heterocycles. The van der Waals surface area contributed by atoms with Gasteiger partial charge in [-0.15, -0.1) is 35.3 Å². The molecular weight excluding hydrogens is 538 g/mol. The van der Waals surface area contributed by atoms with Crippen LogP contribution in [0.5, 0.6) is 0 Å². The molecule has 0 aliphatic carbocycles. The molecule has 3 heterocycles. The molecule has 1 aromatic heterocycles. The highest BCUT2D eigenvalue weighted by Crippen LogP contribution is 2.25. The van der Waals surface area contributed by atoms with E-state index in [0.29, 0.717) is 31.6 Å². The predicted molar refractivity (Wildman–Crippen MR) is 134 cm³/mol. The van der Waals surface area contributed by atoms with Crippen LogP contribution in [0.2, 0.25) is 0 Å². The predicted octanol–water partition coefficient (Wildman–Crippen LogP) is 4.55. The van der Waals surface area contributed by atoms with Crippen molar-refractivity contribution in [2.24, 2.45) is 10.9 Å². The quantitative estimate of drug-likeness (QED) is 0.286. The van der Waals surface area contributed by atoms with Gasteiger partial charge >= 0.3 is 6.18 Å². The van der Waals surface area contributed by atoms with Gasteiger partial charge < -0.3 is 15.5 Å². The summed E-state index contributed by atoms with van der Waals surface area (Å²) in [6.07, 6.45) is 0.671. The molecule has 31 heavy (non-hydrogen) atoms. The van der Waals surface area contributed by atoms with Gasteiger partial charge in [0.2, 0.25) is 0 Å². The van der Waals surface area contributed by atoms with Crippen LogP contribution in [0.15, 0.2) is 22.5 Å². The van der Waals surface area contributed by atoms with Gasteiger partial charge in [-0.3, -0.25) is 9.89 Å². The monoisotopic (exact) mass is 573 g/mol. The van der Waals surface area contributed by atoms with Crippen molar-refractivity contribution in [3.05, 3.63) is 17.5 Å². The van der Waals surface area contributed by atoms with E-state index in [4.69, 9.17) is 4.99 Å². The average molecular weight is 574 g/mol. The van der Waals surface area contributed by atoms with E-state index in [1.54, 1.807) is 11.3 Å². The molecule has 0 saturated carbocycles. The molecule has 0 atom stereocenters. The lowest BCUT2D eigenvalue weighted by molar-refractivity contribution is -0.148. The number of nitrogens with zero attached hydrogens (tertiary/aromatic N) is 3. The Labute approximate surface area is 204 Å². The molecule has 0 unspecified atom stereocenters. The van der Waals surface area contributed by atoms with Crippen LogP contribution in [0.3, 0.4) is 0 Å². The van der Waals surface area contributed by atoms with Crippen molar-refractivity contribution in [1.82, 2.24) is 15.5 Å². The van der Waals surface area contributed by atoms with Crippen LogP contribution in [-0.2, 0) is 0 Å². The van der Waals surface area contributed by atoms with Crippen LogP contribution in [0.25, 0.3) is 0 Å². The lowest BCUT2D eigenvalue weighted by Crippen LogP contribution is -2.48. The molecule has 0 aromatic carbocycles. The van der Waals surface area contributed by atoms with Gasteiger partial charge in [0, 0.05) is 32.2 Å². The van der Waals surface area contributed by atoms with Crippen molar-refractivity contribution in [1.29, 1.82) is 0 Å². The Morgan fingerprint density at radius 1 is 1.16 bits per heavy atom. The second kappa shape index (κ2) is 13.1. The minimum Gasteiger partial charge on any atom is -0.363 e. The number of halogens is 4. The van der Waals surface area contributed by atoms with Crippen LogP contribution >= 0.6 is 35.3 Å². The Morgan fingerprint density at radius 2 is 1.87 bits per heavy atom. The maximum absolute atomic E-state index is 12.5.